The fourth-order valence-corrected chi connectivity index (χ4v) is 4.80. The molecule has 0 saturated carbocycles. The highest BCUT2D eigenvalue weighted by atomic mass is 32.2. The maximum atomic E-state index is 4.94. The van der Waals surface area contributed by atoms with E-state index in [0.29, 0.717) is 0 Å². The van der Waals surface area contributed by atoms with Gasteiger partial charge in [-0.2, -0.15) is 11.8 Å². The molecule has 0 spiro atoms. The van der Waals surface area contributed by atoms with Crippen LogP contribution in [0.3, 0.4) is 0 Å². The summed E-state index contributed by atoms with van der Waals surface area (Å²) in [4.78, 5) is 12.5. The Morgan fingerprint density at radius 2 is 2.04 bits per heavy atom. The van der Waals surface area contributed by atoms with Crippen molar-refractivity contribution in [2.45, 2.75) is 38.9 Å². The van der Waals surface area contributed by atoms with Crippen molar-refractivity contribution in [2.75, 3.05) is 71.7 Å². The van der Waals surface area contributed by atoms with Crippen LogP contribution in [0.25, 0.3) is 0 Å². The molecule has 0 radical (unpaired) electrons. The van der Waals surface area contributed by atoms with Gasteiger partial charge >= 0.3 is 0 Å². The van der Waals surface area contributed by atoms with Gasteiger partial charge in [0.2, 0.25) is 0 Å². The smallest absolute Gasteiger partial charge is 0.193 e. The van der Waals surface area contributed by atoms with Crippen LogP contribution in [-0.4, -0.2) is 97.6 Å². The van der Waals surface area contributed by atoms with Gasteiger partial charge in [0.1, 0.15) is 0 Å². The van der Waals surface area contributed by atoms with E-state index in [4.69, 9.17) is 4.99 Å². The molecule has 0 aromatic heterocycles. The van der Waals surface area contributed by atoms with Crippen LogP contribution in [0.5, 0.6) is 0 Å². The van der Waals surface area contributed by atoms with Crippen LogP contribution in [0.4, 0.5) is 0 Å². The molecule has 5 nitrogen and oxygen atoms in total. The second kappa shape index (κ2) is 11.3. The molecule has 25 heavy (non-hydrogen) atoms. The van der Waals surface area contributed by atoms with E-state index in [-0.39, 0.29) is 0 Å². The third-order valence-electron chi connectivity index (χ3n) is 5.18. The number of aliphatic imine (C=N–C) groups is 1. The van der Waals surface area contributed by atoms with Gasteiger partial charge in [0.25, 0.3) is 0 Å². The summed E-state index contributed by atoms with van der Waals surface area (Å²) in [5.74, 6) is 3.08. The monoisotopic (exact) mass is 369 g/mol. The lowest BCUT2D eigenvalue weighted by molar-refractivity contribution is 0.275. The normalized spacial score (nSPS) is 24.6. The van der Waals surface area contributed by atoms with Crippen LogP contribution in [-0.2, 0) is 0 Å². The number of thioether (sulfide) groups is 1. The molecule has 0 amide bonds. The van der Waals surface area contributed by atoms with Gasteiger partial charge in [0.05, 0.1) is 0 Å². The summed E-state index contributed by atoms with van der Waals surface area (Å²) in [5, 5.41) is 4.24. The first-order valence-corrected chi connectivity index (χ1v) is 11.2. The Kier molecular flexibility index (Phi) is 9.42. The van der Waals surface area contributed by atoms with E-state index in [2.05, 4.69) is 59.6 Å². The SMILES string of the molecule is CCNC(=NCCCN1CCCN(C)CC1)N1CCSC(C(C)C)C1. The maximum absolute atomic E-state index is 4.94. The van der Waals surface area contributed by atoms with Crippen LogP contribution >= 0.6 is 11.8 Å². The number of rotatable bonds is 6. The van der Waals surface area contributed by atoms with Crippen molar-refractivity contribution in [3.8, 4) is 0 Å². The summed E-state index contributed by atoms with van der Waals surface area (Å²) >= 11 is 2.12. The molecule has 1 unspecified atom stereocenters. The first kappa shape index (κ1) is 20.8. The quantitative estimate of drug-likeness (QED) is 0.440. The number of nitrogens with zero attached hydrogens (tertiary/aromatic N) is 4. The standard InChI is InChI=1S/C19H39N5S/c1-5-20-19(24-14-15-25-18(16-24)17(2)3)21-8-6-10-23-11-7-9-22(4)12-13-23/h17-18H,5-16H2,1-4H3,(H,20,21). The third-order valence-corrected chi connectivity index (χ3v) is 6.72. The molecule has 6 heteroatoms. The van der Waals surface area contributed by atoms with E-state index in [1.54, 1.807) is 0 Å². The Bertz CT molecular complexity index is 401. The number of hydrogen-bond donors (Lipinski definition) is 1. The fourth-order valence-electron chi connectivity index (χ4n) is 3.50. The van der Waals surface area contributed by atoms with Gasteiger partial charge in [-0.05, 0) is 52.4 Å². The molecule has 2 aliphatic rings. The predicted octanol–water partition coefficient (Wildman–Crippen LogP) is 2.05. The Morgan fingerprint density at radius 1 is 1.20 bits per heavy atom. The second-order valence-electron chi connectivity index (χ2n) is 7.69. The van der Waals surface area contributed by atoms with Gasteiger partial charge in [-0.15, -0.1) is 0 Å². The first-order chi connectivity index (χ1) is 12.1. The Labute approximate surface area is 159 Å². The Hall–Kier alpha value is -0.460. The van der Waals surface area contributed by atoms with Crippen molar-refractivity contribution in [1.82, 2.24) is 20.0 Å². The molecule has 0 bridgehead atoms. The molecule has 2 heterocycles. The zero-order valence-electron chi connectivity index (χ0n) is 16.8. The minimum absolute atomic E-state index is 0.728. The molecular formula is C19H39N5S. The van der Waals surface area contributed by atoms with E-state index in [0.717, 1.165) is 49.7 Å². The summed E-state index contributed by atoms with van der Waals surface area (Å²) in [5.41, 5.74) is 0. The number of nitrogens with one attached hydrogen (secondary N) is 1. The first-order valence-electron chi connectivity index (χ1n) is 10.2. The lowest BCUT2D eigenvalue weighted by atomic mass is 10.1. The number of guanidine groups is 1. The molecule has 0 aromatic rings. The summed E-state index contributed by atoms with van der Waals surface area (Å²) in [6, 6.07) is 0. The highest BCUT2D eigenvalue weighted by Gasteiger charge is 2.24. The second-order valence-corrected chi connectivity index (χ2v) is 9.03. The average molecular weight is 370 g/mol. The minimum atomic E-state index is 0.728. The lowest BCUT2D eigenvalue weighted by Gasteiger charge is -2.36. The minimum Gasteiger partial charge on any atom is -0.357 e. The van der Waals surface area contributed by atoms with Crippen molar-refractivity contribution >= 4 is 17.7 Å². The van der Waals surface area contributed by atoms with Crippen molar-refractivity contribution in [3.05, 3.63) is 0 Å². The van der Waals surface area contributed by atoms with Gasteiger partial charge in [0.15, 0.2) is 5.96 Å². The molecular weight excluding hydrogens is 330 g/mol. The van der Waals surface area contributed by atoms with E-state index >= 15 is 0 Å². The summed E-state index contributed by atoms with van der Waals surface area (Å²) in [6.07, 6.45) is 2.46. The van der Waals surface area contributed by atoms with Crippen molar-refractivity contribution in [3.63, 3.8) is 0 Å². The largest absolute Gasteiger partial charge is 0.357 e. The zero-order chi connectivity index (χ0) is 18.1. The molecule has 146 valence electrons. The summed E-state index contributed by atoms with van der Waals surface area (Å²) in [7, 11) is 2.23. The molecule has 0 aliphatic carbocycles. The van der Waals surface area contributed by atoms with E-state index < -0.39 is 0 Å². The lowest BCUT2D eigenvalue weighted by Crippen LogP contribution is -2.49. The highest BCUT2D eigenvalue weighted by molar-refractivity contribution is 8.00. The highest BCUT2D eigenvalue weighted by Crippen LogP contribution is 2.24. The molecule has 1 atom stereocenters. The summed E-state index contributed by atoms with van der Waals surface area (Å²) in [6.45, 7) is 17.1. The van der Waals surface area contributed by atoms with Crippen LogP contribution in [0, 0.1) is 5.92 Å². The average Bonchev–Trinajstić information content (AvgIpc) is 2.82. The Morgan fingerprint density at radius 3 is 2.80 bits per heavy atom. The molecule has 2 fully saturated rings. The predicted molar refractivity (Wildman–Crippen MR) is 112 cm³/mol. The van der Waals surface area contributed by atoms with Gasteiger partial charge in [0, 0.05) is 50.3 Å². The molecule has 0 aromatic carbocycles. The van der Waals surface area contributed by atoms with Crippen molar-refractivity contribution in [1.29, 1.82) is 0 Å². The van der Waals surface area contributed by atoms with Crippen LogP contribution in [0.1, 0.15) is 33.6 Å². The molecule has 2 aliphatic heterocycles. The zero-order valence-corrected chi connectivity index (χ0v) is 17.7. The van der Waals surface area contributed by atoms with E-state index in [1.807, 2.05) is 0 Å². The molecule has 1 N–H and O–H groups in total. The number of likely N-dealkylation sites (N-methyl/N-ethyl adjacent to an activating group) is 1. The van der Waals surface area contributed by atoms with Crippen LogP contribution in [0.2, 0.25) is 0 Å². The van der Waals surface area contributed by atoms with Gasteiger partial charge in [-0.1, -0.05) is 13.8 Å². The van der Waals surface area contributed by atoms with Gasteiger partial charge in [-0.25, -0.2) is 0 Å². The van der Waals surface area contributed by atoms with Gasteiger partial charge < -0.3 is 20.0 Å². The Balaban J connectivity index is 1.78. The third kappa shape index (κ3) is 7.35. The fraction of sp³-hybridized carbons (Fsp3) is 0.947. The molecule has 2 saturated heterocycles. The van der Waals surface area contributed by atoms with Gasteiger partial charge in [-0.3, -0.25) is 4.99 Å². The van der Waals surface area contributed by atoms with Crippen LogP contribution < -0.4 is 5.32 Å². The van der Waals surface area contributed by atoms with Crippen molar-refractivity contribution < 1.29 is 0 Å². The number of hydrogen-bond acceptors (Lipinski definition) is 4. The van der Waals surface area contributed by atoms with E-state index in [9.17, 15) is 0 Å². The maximum Gasteiger partial charge on any atom is 0.193 e. The van der Waals surface area contributed by atoms with E-state index in [1.165, 1.54) is 44.9 Å². The van der Waals surface area contributed by atoms with Crippen molar-refractivity contribution in [2.24, 2.45) is 10.9 Å². The van der Waals surface area contributed by atoms with Crippen LogP contribution in [0.15, 0.2) is 4.99 Å². The summed E-state index contributed by atoms with van der Waals surface area (Å²) < 4.78 is 0. The molecule has 2 rings (SSSR count). The topological polar surface area (TPSA) is 34.1 Å².